The van der Waals surface area contributed by atoms with Crippen LogP contribution in [0.15, 0.2) is 115 Å². The molecule has 0 saturated heterocycles. The first-order valence-electron chi connectivity index (χ1n) is 13.7. The summed E-state index contributed by atoms with van der Waals surface area (Å²) >= 11 is 0. The van der Waals surface area contributed by atoms with Crippen LogP contribution in [0.4, 0.5) is 0 Å². The lowest BCUT2D eigenvalue weighted by Gasteiger charge is -2.21. The van der Waals surface area contributed by atoms with Crippen LogP contribution in [0.5, 0.6) is 11.5 Å². The Bertz CT molecular complexity index is 1370. The largest absolute Gasteiger partial charge is 0.494 e. The zero-order chi connectivity index (χ0) is 28.8. The SMILES string of the molecule is O=C(Cc1ccccc1)NC(COP(=O)(O)CCCOc1ccccc1)Cc1ccc(OCc2ccccc2)cc1. The normalized spacial score (nSPS) is 13.1. The highest BCUT2D eigenvalue weighted by Crippen LogP contribution is 2.42. The van der Waals surface area contributed by atoms with Crippen molar-refractivity contribution in [3.63, 3.8) is 0 Å². The fraction of sp³-hybridized carbons (Fsp3) is 0.242. The van der Waals surface area contributed by atoms with Gasteiger partial charge in [-0.1, -0.05) is 91.0 Å². The number of hydrogen-bond acceptors (Lipinski definition) is 5. The molecule has 0 spiro atoms. The molecule has 0 fully saturated rings. The molecule has 214 valence electrons. The summed E-state index contributed by atoms with van der Waals surface area (Å²) in [7, 11) is -3.88. The molecule has 4 aromatic carbocycles. The molecule has 2 unspecified atom stereocenters. The van der Waals surface area contributed by atoms with Crippen molar-refractivity contribution in [3.05, 3.63) is 132 Å². The molecular weight excluding hydrogens is 537 g/mol. The monoisotopic (exact) mass is 573 g/mol. The minimum absolute atomic E-state index is 0.0437. The van der Waals surface area contributed by atoms with Gasteiger partial charge < -0.3 is 24.2 Å². The molecule has 0 aromatic heterocycles. The first-order valence-corrected chi connectivity index (χ1v) is 15.4. The van der Waals surface area contributed by atoms with Crippen LogP contribution in [0.2, 0.25) is 0 Å². The van der Waals surface area contributed by atoms with Crippen molar-refractivity contribution in [2.75, 3.05) is 19.4 Å². The van der Waals surface area contributed by atoms with Gasteiger partial charge in [-0.3, -0.25) is 9.36 Å². The predicted octanol–water partition coefficient (Wildman–Crippen LogP) is 6.21. The van der Waals surface area contributed by atoms with Crippen molar-refractivity contribution in [2.24, 2.45) is 0 Å². The Balaban J connectivity index is 1.31. The van der Waals surface area contributed by atoms with E-state index in [9.17, 15) is 14.3 Å². The Morgan fingerprint density at radius 2 is 1.32 bits per heavy atom. The van der Waals surface area contributed by atoms with Crippen molar-refractivity contribution >= 4 is 13.5 Å². The van der Waals surface area contributed by atoms with Gasteiger partial charge in [-0.25, -0.2) is 0 Å². The van der Waals surface area contributed by atoms with E-state index in [4.69, 9.17) is 14.0 Å². The molecule has 4 rings (SSSR count). The number of benzene rings is 4. The zero-order valence-corrected chi connectivity index (χ0v) is 23.8. The highest BCUT2D eigenvalue weighted by molar-refractivity contribution is 7.52. The highest BCUT2D eigenvalue weighted by Gasteiger charge is 2.23. The molecule has 0 radical (unpaired) electrons. The van der Waals surface area contributed by atoms with Crippen LogP contribution in [0, 0.1) is 0 Å². The van der Waals surface area contributed by atoms with Crippen LogP contribution in [0.1, 0.15) is 23.1 Å². The number of amides is 1. The molecule has 0 aliphatic carbocycles. The van der Waals surface area contributed by atoms with Crippen LogP contribution >= 0.6 is 7.60 Å². The van der Waals surface area contributed by atoms with Gasteiger partial charge in [0.15, 0.2) is 0 Å². The zero-order valence-electron chi connectivity index (χ0n) is 22.9. The average Bonchev–Trinajstić information content (AvgIpc) is 2.99. The quantitative estimate of drug-likeness (QED) is 0.122. The second kappa shape index (κ2) is 15.8. The van der Waals surface area contributed by atoms with Gasteiger partial charge in [0.25, 0.3) is 0 Å². The molecule has 1 amide bonds. The van der Waals surface area contributed by atoms with E-state index in [1.807, 2.05) is 115 Å². The Hall–Kier alpha value is -3.90. The maximum Gasteiger partial charge on any atom is 0.328 e. The van der Waals surface area contributed by atoms with Crippen molar-refractivity contribution in [1.82, 2.24) is 5.32 Å². The third kappa shape index (κ3) is 11.2. The van der Waals surface area contributed by atoms with E-state index in [0.717, 1.165) is 22.4 Å². The Kier molecular flexibility index (Phi) is 11.6. The molecular formula is C33H36NO6P. The molecule has 7 nitrogen and oxygen atoms in total. The molecule has 2 atom stereocenters. The number of hydrogen-bond donors (Lipinski definition) is 2. The minimum atomic E-state index is -3.88. The Labute approximate surface area is 241 Å². The topological polar surface area (TPSA) is 94.1 Å². The maximum atomic E-state index is 12.8. The number of ether oxygens (including phenoxy) is 2. The second-order valence-corrected chi connectivity index (χ2v) is 11.7. The summed E-state index contributed by atoms with van der Waals surface area (Å²) in [6.07, 6.45) is 0.948. The summed E-state index contributed by atoms with van der Waals surface area (Å²) in [4.78, 5) is 23.3. The Morgan fingerprint density at radius 1 is 0.732 bits per heavy atom. The summed E-state index contributed by atoms with van der Waals surface area (Å²) in [5.41, 5.74) is 2.90. The van der Waals surface area contributed by atoms with Crippen molar-refractivity contribution in [1.29, 1.82) is 0 Å². The van der Waals surface area contributed by atoms with Crippen molar-refractivity contribution < 1.29 is 28.3 Å². The van der Waals surface area contributed by atoms with E-state index in [2.05, 4.69) is 5.32 Å². The molecule has 2 N–H and O–H groups in total. The molecule has 41 heavy (non-hydrogen) atoms. The van der Waals surface area contributed by atoms with Crippen LogP contribution in [0.3, 0.4) is 0 Å². The summed E-state index contributed by atoms with van der Waals surface area (Å²) in [6, 6.07) is 35.8. The van der Waals surface area contributed by atoms with Gasteiger partial charge in [-0.2, -0.15) is 0 Å². The molecule has 4 aromatic rings. The average molecular weight is 574 g/mol. The van der Waals surface area contributed by atoms with Crippen LogP contribution in [-0.4, -0.2) is 36.2 Å². The fourth-order valence-electron chi connectivity index (χ4n) is 4.20. The van der Waals surface area contributed by atoms with Crippen LogP contribution in [-0.2, 0) is 33.3 Å². The number of nitrogens with one attached hydrogen (secondary N) is 1. The van der Waals surface area contributed by atoms with E-state index in [0.29, 0.717) is 31.8 Å². The first-order chi connectivity index (χ1) is 19.9. The molecule has 0 heterocycles. The number of rotatable bonds is 16. The van der Waals surface area contributed by atoms with E-state index in [-0.39, 0.29) is 25.1 Å². The lowest BCUT2D eigenvalue weighted by atomic mass is 10.1. The van der Waals surface area contributed by atoms with Gasteiger partial charge in [0.05, 0.1) is 31.8 Å². The molecule has 0 bridgehead atoms. The summed E-state index contributed by atoms with van der Waals surface area (Å²) in [5, 5.41) is 2.98. The maximum absolute atomic E-state index is 12.8. The standard InChI is InChI=1S/C33H36NO6P/c35-33(24-27-11-4-1-5-12-27)34-30(26-40-41(36,37)22-10-21-38-31-15-8-3-9-16-31)23-28-17-19-32(20-18-28)39-25-29-13-6-2-7-14-29/h1-9,11-20,30H,10,21-26H2,(H,34,35)(H,36,37). The number of carbonyl (C=O) groups excluding carboxylic acids is 1. The van der Waals surface area contributed by atoms with E-state index in [1.54, 1.807) is 0 Å². The van der Waals surface area contributed by atoms with Gasteiger partial charge in [-0.15, -0.1) is 0 Å². The fourth-order valence-corrected chi connectivity index (χ4v) is 5.27. The summed E-state index contributed by atoms with van der Waals surface area (Å²) < 4.78 is 29.7. The molecule has 8 heteroatoms. The smallest absolute Gasteiger partial charge is 0.328 e. The van der Waals surface area contributed by atoms with Crippen molar-refractivity contribution in [3.8, 4) is 11.5 Å². The molecule has 0 aliphatic heterocycles. The second-order valence-electron chi connectivity index (χ2n) is 9.72. The minimum Gasteiger partial charge on any atom is -0.494 e. The number of para-hydroxylation sites is 1. The first kappa shape index (κ1) is 30.1. The van der Waals surface area contributed by atoms with E-state index in [1.165, 1.54) is 0 Å². The van der Waals surface area contributed by atoms with Crippen LogP contribution in [0.25, 0.3) is 0 Å². The van der Waals surface area contributed by atoms with E-state index < -0.39 is 13.6 Å². The van der Waals surface area contributed by atoms with E-state index >= 15 is 0 Å². The van der Waals surface area contributed by atoms with Gasteiger partial charge in [-0.05, 0) is 53.8 Å². The van der Waals surface area contributed by atoms with Gasteiger partial charge in [0.2, 0.25) is 5.91 Å². The van der Waals surface area contributed by atoms with Gasteiger partial charge in [0.1, 0.15) is 18.1 Å². The predicted molar refractivity (Wildman–Crippen MR) is 160 cm³/mol. The Morgan fingerprint density at radius 3 is 1.98 bits per heavy atom. The lowest BCUT2D eigenvalue weighted by molar-refractivity contribution is -0.121. The summed E-state index contributed by atoms with van der Waals surface area (Å²) in [6.45, 7) is 0.669. The number of carbonyl (C=O) groups is 1. The van der Waals surface area contributed by atoms with Gasteiger partial charge in [0, 0.05) is 0 Å². The highest BCUT2D eigenvalue weighted by atomic mass is 31.2. The van der Waals surface area contributed by atoms with Gasteiger partial charge >= 0.3 is 7.60 Å². The van der Waals surface area contributed by atoms with Crippen LogP contribution < -0.4 is 14.8 Å². The third-order valence-corrected chi connectivity index (χ3v) is 7.73. The molecule has 0 saturated carbocycles. The molecule has 0 aliphatic rings. The van der Waals surface area contributed by atoms with Crippen molar-refractivity contribution in [2.45, 2.75) is 31.9 Å². The summed E-state index contributed by atoms with van der Waals surface area (Å²) in [5.74, 6) is 1.26. The lowest BCUT2D eigenvalue weighted by Crippen LogP contribution is -2.40. The third-order valence-electron chi connectivity index (χ3n) is 6.30.